The quantitative estimate of drug-likeness (QED) is 0.217. The molecule has 0 atom stereocenters. The Morgan fingerprint density at radius 3 is 2.41 bits per heavy atom. The van der Waals surface area contributed by atoms with Crippen LogP contribution in [0.1, 0.15) is 6.42 Å². The molecule has 8 nitrogen and oxygen atoms in total. The SMILES string of the molecule is NNC(=O)C(=O)NCCC(=O)N1CCOCC1. The minimum atomic E-state index is -0.927. The topological polar surface area (TPSA) is 114 Å². The van der Waals surface area contributed by atoms with Gasteiger partial charge in [0, 0.05) is 26.1 Å². The summed E-state index contributed by atoms with van der Waals surface area (Å²) in [5, 5.41) is 2.29. The van der Waals surface area contributed by atoms with Gasteiger partial charge in [0.1, 0.15) is 0 Å². The highest BCUT2D eigenvalue weighted by atomic mass is 16.5. The predicted molar refractivity (Wildman–Crippen MR) is 57.4 cm³/mol. The van der Waals surface area contributed by atoms with Gasteiger partial charge in [-0.25, -0.2) is 5.84 Å². The van der Waals surface area contributed by atoms with Crippen molar-refractivity contribution in [2.45, 2.75) is 6.42 Å². The van der Waals surface area contributed by atoms with Gasteiger partial charge in [0.25, 0.3) is 0 Å². The van der Waals surface area contributed by atoms with Crippen molar-refractivity contribution in [3.8, 4) is 0 Å². The summed E-state index contributed by atoms with van der Waals surface area (Å²) in [7, 11) is 0. The van der Waals surface area contributed by atoms with Crippen LogP contribution in [0.2, 0.25) is 0 Å². The Balaban J connectivity index is 2.19. The van der Waals surface area contributed by atoms with Crippen LogP contribution in [0, 0.1) is 0 Å². The van der Waals surface area contributed by atoms with Gasteiger partial charge in [-0.3, -0.25) is 19.8 Å². The number of carbonyl (C=O) groups excluding carboxylic acids is 3. The number of nitrogens with zero attached hydrogens (tertiary/aromatic N) is 1. The van der Waals surface area contributed by atoms with Crippen LogP contribution in [0.15, 0.2) is 0 Å². The second-order valence-corrected chi connectivity index (χ2v) is 3.47. The van der Waals surface area contributed by atoms with E-state index in [9.17, 15) is 14.4 Å². The third-order valence-corrected chi connectivity index (χ3v) is 2.33. The second-order valence-electron chi connectivity index (χ2n) is 3.47. The maximum atomic E-state index is 11.6. The van der Waals surface area contributed by atoms with Crippen LogP contribution >= 0.6 is 0 Å². The molecule has 96 valence electrons. The third kappa shape index (κ3) is 4.37. The number of morpholine rings is 1. The normalized spacial score (nSPS) is 15.2. The zero-order chi connectivity index (χ0) is 12.7. The number of hydrazine groups is 1. The molecule has 0 unspecified atom stereocenters. The van der Waals surface area contributed by atoms with Crippen LogP contribution in [0.4, 0.5) is 0 Å². The maximum absolute atomic E-state index is 11.6. The van der Waals surface area contributed by atoms with Crippen molar-refractivity contribution in [3.63, 3.8) is 0 Å². The van der Waals surface area contributed by atoms with Gasteiger partial charge in [0.15, 0.2) is 0 Å². The van der Waals surface area contributed by atoms with Crippen LogP contribution in [0.25, 0.3) is 0 Å². The summed E-state index contributed by atoms with van der Waals surface area (Å²) in [6.45, 7) is 2.32. The van der Waals surface area contributed by atoms with Crippen LogP contribution in [0.5, 0.6) is 0 Å². The van der Waals surface area contributed by atoms with E-state index in [2.05, 4.69) is 5.32 Å². The van der Waals surface area contributed by atoms with Gasteiger partial charge in [0.05, 0.1) is 13.2 Å². The molecule has 4 N–H and O–H groups in total. The number of rotatable bonds is 3. The summed E-state index contributed by atoms with van der Waals surface area (Å²) in [4.78, 5) is 35.0. The van der Waals surface area contributed by atoms with Gasteiger partial charge in [-0.15, -0.1) is 0 Å². The first-order chi connectivity index (χ1) is 8.15. The van der Waals surface area contributed by atoms with Crippen molar-refractivity contribution in [2.24, 2.45) is 5.84 Å². The number of hydrogen-bond acceptors (Lipinski definition) is 5. The second kappa shape index (κ2) is 6.81. The largest absolute Gasteiger partial charge is 0.378 e. The number of hydrogen-bond donors (Lipinski definition) is 3. The molecule has 0 aromatic heterocycles. The zero-order valence-corrected chi connectivity index (χ0v) is 9.40. The summed E-state index contributed by atoms with van der Waals surface area (Å²) in [6, 6.07) is 0. The Morgan fingerprint density at radius 1 is 1.18 bits per heavy atom. The fourth-order valence-corrected chi connectivity index (χ4v) is 1.40. The van der Waals surface area contributed by atoms with Gasteiger partial charge in [0.2, 0.25) is 5.91 Å². The maximum Gasteiger partial charge on any atom is 0.323 e. The molecule has 17 heavy (non-hydrogen) atoms. The molecule has 0 saturated carbocycles. The van der Waals surface area contributed by atoms with E-state index in [4.69, 9.17) is 10.6 Å². The Labute approximate surface area is 98.4 Å². The molecule has 0 aromatic carbocycles. The lowest BCUT2D eigenvalue weighted by molar-refractivity contribution is -0.139. The van der Waals surface area contributed by atoms with Crippen LogP contribution < -0.4 is 16.6 Å². The minimum absolute atomic E-state index is 0.0678. The monoisotopic (exact) mass is 244 g/mol. The fraction of sp³-hybridized carbons (Fsp3) is 0.667. The first kappa shape index (κ1) is 13.4. The van der Waals surface area contributed by atoms with E-state index in [1.165, 1.54) is 0 Å². The van der Waals surface area contributed by atoms with Gasteiger partial charge in [-0.05, 0) is 0 Å². The van der Waals surface area contributed by atoms with E-state index < -0.39 is 11.8 Å². The van der Waals surface area contributed by atoms with Crippen molar-refractivity contribution in [1.29, 1.82) is 0 Å². The molecule has 0 aliphatic carbocycles. The van der Waals surface area contributed by atoms with Gasteiger partial charge < -0.3 is 15.0 Å². The molecule has 0 radical (unpaired) electrons. The Bertz CT molecular complexity index is 301. The first-order valence-corrected chi connectivity index (χ1v) is 5.29. The first-order valence-electron chi connectivity index (χ1n) is 5.29. The summed E-state index contributed by atoms with van der Waals surface area (Å²) in [5.41, 5.74) is 1.70. The Kier molecular flexibility index (Phi) is 5.37. The molecule has 8 heteroatoms. The highest BCUT2D eigenvalue weighted by molar-refractivity contribution is 6.34. The van der Waals surface area contributed by atoms with E-state index >= 15 is 0 Å². The van der Waals surface area contributed by atoms with Gasteiger partial charge in [-0.1, -0.05) is 0 Å². The summed E-state index contributed by atoms with van der Waals surface area (Å²) in [5.74, 6) is 2.93. The Hall–Kier alpha value is -1.67. The smallest absolute Gasteiger partial charge is 0.323 e. The number of amides is 3. The zero-order valence-electron chi connectivity index (χ0n) is 9.40. The minimum Gasteiger partial charge on any atom is -0.378 e. The highest BCUT2D eigenvalue weighted by Gasteiger charge is 2.17. The molecule has 1 aliphatic heterocycles. The highest BCUT2D eigenvalue weighted by Crippen LogP contribution is 1.99. The lowest BCUT2D eigenvalue weighted by Crippen LogP contribution is -2.45. The number of ether oxygens (including phenoxy) is 1. The van der Waals surface area contributed by atoms with Crippen molar-refractivity contribution >= 4 is 17.7 Å². The summed E-state index contributed by atoms with van der Waals surface area (Å²) >= 11 is 0. The summed E-state index contributed by atoms with van der Waals surface area (Å²) < 4.78 is 5.11. The molecule has 0 aromatic rings. The fourth-order valence-electron chi connectivity index (χ4n) is 1.40. The van der Waals surface area contributed by atoms with Crippen molar-refractivity contribution in [2.75, 3.05) is 32.8 Å². The molecular weight excluding hydrogens is 228 g/mol. The van der Waals surface area contributed by atoms with E-state index in [0.29, 0.717) is 26.3 Å². The average molecular weight is 244 g/mol. The predicted octanol–water partition coefficient (Wildman–Crippen LogP) is -2.66. The molecule has 1 fully saturated rings. The van der Waals surface area contributed by atoms with E-state index in [1.54, 1.807) is 10.3 Å². The van der Waals surface area contributed by atoms with Crippen molar-refractivity contribution in [3.05, 3.63) is 0 Å². The molecule has 1 rings (SSSR count). The molecule has 0 spiro atoms. The molecule has 0 bridgehead atoms. The van der Waals surface area contributed by atoms with Gasteiger partial charge >= 0.3 is 11.8 Å². The average Bonchev–Trinajstić information content (AvgIpc) is 2.38. The van der Waals surface area contributed by atoms with E-state index in [1.807, 2.05) is 0 Å². The van der Waals surface area contributed by atoms with Crippen molar-refractivity contribution in [1.82, 2.24) is 15.6 Å². The molecule has 1 aliphatic rings. The lowest BCUT2D eigenvalue weighted by atomic mass is 10.3. The molecular formula is C9H16N4O4. The van der Waals surface area contributed by atoms with E-state index in [0.717, 1.165) is 0 Å². The van der Waals surface area contributed by atoms with Crippen molar-refractivity contribution < 1.29 is 19.1 Å². The lowest BCUT2D eigenvalue weighted by Gasteiger charge is -2.26. The molecule has 1 heterocycles. The number of nitrogens with two attached hydrogens (primary N) is 1. The van der Waals surface area contributed by atoms with E-state index in [-0.39, 0.29) is 18.9 Å². The number of carbonyl (C=O) groups is 3. The molecule has 1 saturated heterocycles. The molecule has 3 amide bonds. The summed E-state index contributed by atoms with van der Waals surface area (Å²) in [6.07, 6.45) is 0.156. The number of nitrogens with one attached hydrogen (secondary N) is 2. The third-order valence-electron chi connectivity index (χ3n) is 2.33. The Morgan fingerprint density at radius 2 is 1.82 bits per heavy atom. The van der Waals surface area contributed by atoms with Crippen LogP contribution in [-0.2, 0) is 19.1 Å². The standard InChI is InChI=1S/C9H16N4O4/c10-12-9(16)8(15)11-2-1-7(14)13-3-5-17-6-4-13/h1-6,10H2,(H,11,15)(H,12,16). The van der Waals surface area contributed by atoms with Crippen LogP contribution in [0.3, 0.4) is 0 Å². The van der Waals surface area contributed by atoms with Crippen LogP contribution in [-0.4, -0.2) is 55.5 Å². The van der Waals surface area contributed by atoms with Gasteiger partial charge in [-0.2, -0.15) is 0 Å².